The molecule has 0 atom stereocenters. The van der Waals surface area contributed by atoms with Gasteiger partial charge in [0.05, 0.1) is 4.88 Å². The van der Waals surface area contributed by atoms with Crippen LogP contribution in [0.25, 0.3) is 10.7 Å². The first-order chi connectivity index (χ1) is 6.79. The molecule has 0 N–H and O–H groups in total. The summed E-state index contributed by atoms with van der Waals surface area (Å²) in [5, 5.41) is 2.10. The summed E-state index contributed by atoms with van der Waals surface area (Å²) in [5.41, 5.74) is 1.33. The highest BCUT2D eigenvalue weighted by Gasteiger charge is 2.11. The average molecular weight is 204 g/mol. The Labute approximate surface area is 87.7 Å². The van der Waals surface area contributed by atoms with E-state index in [4.69, 9.17) is 0 Å². The van der Waals surface area contributed by atoms with Crippen LogP contribution in [0.1, 0.15) is 25.3 Å². The first-order valence-electron chi connectivity index (χ1n) is 4.64. The number of rotatable bonds is 2. The van der Waals surface area contributed by atoms with Crippen molar-refractivity contribution in [2.45, 2.75) is 19.8 Å². The zero-order valence-electron chi connectivity index (χ0n) is 8.27. The van der Waals surface area contributed by atoms with Crippen molar-refractivity contribution in [3.05, 3.63) is 35.5 Å². The minimum atomic E-state index is 0.528. The summed E-state index contributed by atoms with van der Waals surface area (Å²) in [6, 6.07) is 3.99. The summed E-state index contributed by atoms with van der Waals surface area (Å²) in [5.74, 6) is 1.37. The minimum Gasteiger partial charge on any atom is -0.236 e. The molecule has 0 aliphatic carbocycles. The van der Waals surface area contributed by atoms with Crippen LogP contribution in [0.2, 0.25) is 0 Å². The maximum Gasteiger partial charge on any atom is 0.169 e. The second kappa shape index (κ2) is 3.88. The smallest absolute Gasteiger partial charge is 0.169 e. The minimum absolute atomic E-state index is 0.528. The Morgan fingerprint density at radius 3 is 2.57 bits per heavy atom. The molecule has 72 valence electrons. The van der Waals surface area contributed by atoms with E-state index in [9.17, 15) is 0 Å². The third-order valence-corrected chi connectivity index (χ3v) is 3.01. The third kappa shape index (κ3) is 1.68. The monoisotopic (exact) mass is 204 g/mol. The molecule has 0 radical (unpaired) electrons. The van der Waals surface area contributed by atoms with Crippen molar-refractivity contribution in [1.29, 1.82) is 0 Å². The van der Waals surface area contributed by atoms with Crippen LogP contribution < -0.4 is 0 Å². The quantitative estimate of drug-likeness (QED) is 0.750. The lowest BCUT2D eigenvalue weighted by Gasteiger charge is -2.04. The van der Waals surface area contributed by atoms with E-state index in [2.05, 4.69) is 35.3 Å². The number of hydrogen-bond acceptors (Lipinski definition) is 3. The number of nitrogens with zero attached hydrogens (tertiary/aromatic N) is 2. The molecule has 0 aliphatic rings. The molecule has 2 aromatic heterocycles. The molecular weight excluding hydrogens is 192 g/mol. The van der Waals surface area contributed by atoms with E-state index in [1.807, 2.05) is 6.07 Å². The van der Waals surface area contributed by atoms with Crippen molar-refractivity contribution in [3.63, 3.8) is 0 Å². The molecule has 0 amide bonds. The Balaban J connectivity index is 2.47. The second-order valence-electron chi connectivity index (χ2n) is 3.43. The maximum atomic E-state index is 4.26. The Morgan fingerprint density at radius 1 is 1.21 bits per heavy atom. The SMILES string of the molecule is CC(C)c1ccsc1-c1ncccn1. The molecule has 3 heteroatoms. The molecule has 0 saturated carbocycles. The first-order valence-corrected chi connectivity index (χ1v) is 5.52. The predicted octanol–water partition coefficient (Wildman–Crippen LogP) is 3.33. The van der Waals surface area contributed by atoms with Gasteiger partial charge in [-0.1, -0.05) is 13.8 Å². The van der Waals surface area contributed by atoms with Gasteiger partial charge in [-0.2, -0.15) is 0 Å². The maximum absolute atomic E-state index is 4.26. The normalized spacial score (nSPS) is 10.8. The molecule has 2 heterocycles. The van der Waals surface area contributed by atoms with E-state index in [1.165, 1.54) is 10.4 Å². The molecule has 0 unspecified atom stereocenters. The van der Waals surface area contributed by atoms with Gasteiger partial charge < -0.3 is 0 Å². The van der Waals surface area contributed by atoms with Crippen molar-refractivity contribution in [3.8, 4) is 10.7 Å². The predicted molar refractivity (Wildman–Crippen MR) is 59.4 cm³/mol. The van der Waals surface area contributed by atoms with Crippen LogP contribution in [0.3, 0.4) is 0 Å². The number of aromatic nitrogens is 2. The van der Waals surface area contributed by atoms with E-state index < -0.39 is 0 Å². The van der Waals surface area contributed by atoms with Gasteiger partial charge in [-0.05, 0) is 29.0 Å². The number of thiophene rings is 1. The second-order valence-corrected chi connectivity index (χ2v) is 4.35. The van der Waals surface area contributed by atoms with Crippen molar-refractivity contribution in [2.24, 2.45) is 0 Å². The van der Waals surface area contributed by atoms with Crippen LogP contribution in [0, 0.1) is 0 Å². The van der Waals surface area contributed by atoms with Crippen molar-refractivity contribution >= 4 is 11.3 Å². The molecule has 0 saturated heterocycles. The molecule has 2 rings (SSSR count). The molecule has 0 spiro atoms. The summed E-state index contributed by atoms with van der Waals surface area (Å²) >= 11 is 1.71. The summed E-state index contributed by atoms with van der Waals surface area (Å²) < 4.78 is 0. The number of hydrogen-bond donors (Lipinski definition) is 0. The van der Waals surface area contributed by atoms with Crippen LogP contribution >= 0.6 is 11.3 Å². The lowest BCUT2D eigenvalue weighted by atomic mass is 10.0. The lowest BCUT2D eigenvalue weighted by molar-refractivity contribution is 0.872. The van der Waals surface area contributed by atoms with Gasteiger partial charge in [0.25, 0.3) is 0 Å². The molecule has 0 aliphatic heterocycles. The Bertz CT molecular complexity index is 406. The van der Waals surface area contributed by atoms with Crippen molar-refractivity contribution < 1.29 is 0 Å². The highest BCUT2D eigenvalue weighted by Crippen LogP contribution is 2.31. The van der Waals surface area contributed by atoms with Gasteiger partial charge in [-0.25, -0.2) is 9.97 Å². The van der Waals surface area contributed by atoms with Gasteiger partial charge in [-0.3, -0.25) is 0 Å². The van der Waals surface area contributed by atoms with Gasteiger partial charge in [-0.15, -0.1) is 11.3 Å². The van der Waals surface area contributed by atoms with Gasteiger partial charge in [0.1, 0.15) is 0 Å². The molecule has 0 bridgehead atoms. The van der Waals surface area contributed by atoms with E-state index in [-0.39, 0.29) is 0 Å². The lowest BCUT2D eigenvalue weighted by Crippen LogP contribution is -1.90. The van der Waals surface area contributed by atoms with Gasteiger partial charge in [0.2, 0.25) is 0 Å². The Morgan fingerprint density at radius 2 is 1.93 bits per heavy atom. The topological polar surface area (TPSA) is 25.8 Å². The first kappa shape index (κ1) is 9.34. The molecule has 2 nitrogen and oxygen atoms in total. The summed E-state index contributed by atoms with van der Waals surface area (Å²) in [6.07, 6.45) is 3.57. The third-order valence-electron chi connectivity index (χ3n) is 2.09. The van der Waals surface area contributed by atoms with Crippen LogP contribution in [0.15, 0.2) is 29.9 Å². The standard InChI is InChI=1S/C11H12N2S/c1-8(2)9-4-7-14-10(9)11-12-5-3-6-13-11/h3-8H,1-2H3. The van der Waals surface area contributed by atoms with Gasteiger partial charge >= 0.3 is 0 Å². The fourth-order valence-corrected chi connectivity index (χ4v) is 2.37. The van der Waals surface area contributed by atoms with Crippen LogP contribution in [-0.4, -0.2) is 9.97 Å². The van der Waals surface area contributed by atoms with Crippen LogP contribution in [0.5, 0.6) is 0 Å². The van der Waals surface area contributed by atoms with Gasteiger partial charge in [0.15, 0.2) is 5.82 Å². The van der Waals surface area contributed by atoms with Crippen molar-refractivity contribution in [1.82, 2.24) is 9.97 Å². The zero-order chi connectivity index (χ0) is 9.97. The van der Waals surface area contributed by atoms with E-state index in [0.717, 1.165) is 5.82 Å². The Kier molecular flexibility index (Phi) is 2.59. The summed E-state index contributed by atoms with van der Waals surface area (Å²) in [4.78, 5) is 9.72. The molecule has 0 fully saturated rings. The van der Waals surface area contributed by atoms with E-state index >= 15 is 0 Å². The molecule has 2 aromatic rings. The fourth-order valence-electron chi connectivity index (χ4n) is 1.37. The summed E-state index contributed by atoms with van der Waals surface area (Å²) in [6.45, 7) is 4.38. The molecule has 14 heavy (non-hydrogen) atoms. The van der Waals surface area contributed by atoms with Crippen molar-refractivity contribution in [2.75, 3.05) is 0 Å². The van der Waals surface area contributed by atoms with E-state index in [1.54, 1.807) is 23.7 Å². The fraction of sp³-hybridized carbons (Fsp3) is 0.273. The molecular formula is C11H12N2S. The Hall–Kier alpha value is -1.22. The van der Waals surface area contributed by atoms with Crippen LogP contribution in [0.4, 0.5) is 0 Å². The van der Waals surface area contributed by atoms with Gasteiger partial charge in [0, 0.05) is 12.4 Å². The average Bonchev–Trinajstić information content (AvgIpc) is 2.67. The highest BCUT2D eigenvalue weighted by molar-refractivity contribution is 7.13. The highest BCUT2D eigenvalue weighted by atomic mass is 32.1. The van der Waals surface area contributed by atoms with E-state index in [0.29, 0.717) is 5.92 Å². The largest absolute Gasteiger partial charge is 0.236 e. The molecule has 0 aromatic carbocycles. The van der Waals surface area contributed by atoms with Crippen LogP contribution in [-0.2, 0) is 0 Å². The zero-order valence-corrected chi connectivity index (χ0v) is 9.08. The summed E-state index contributed by atoms with van der Waals surface area (Å²) in [7, 11) is 0.